The Morgan fingerprint density at radius 1 is 1.17 bits per heavy atom. The van der Waals surface area contributed by atoms with Crippen LogP contribution in [0.15, 0.2) is 60.2 Å². The van der Waals surface area contributed by atoms with Gasteiger partial charge in [0.2, 0.25) is 0 Å². The van der Waals surface area contributed by atoms with Crippen LogP contribution in [0.2, 0.25) is 0 Å². The highest BCUT2D eigenvalue weighted by Gasteiger charge is 2.34. The zero-order valence-corrected chi connectivity index (χ0v) is 15.1. The van der Waals surface area contributed by atoms with Crippen molar-refractivity contribution in [3.63, 3.8) is 0 Å². The molecular weight excluding hydrogens is 423 g/mol. The van der Waals surface area contributed by atoms with E-state index in [2.05, 4.69) is 29.2 Å². The molecule has 4 nitrogen and oxygen atoms in total. The van der Waals surface area contributed by atoms with Gasteiger partial charge in [0.1, 0.15) is 0 Å². The lowest BCUT2D eigenvalue weighted by atomic mass is 10.3. The molecule has 0 spiro atoms. The minimum Gasteiger partial charge on any atom is -0.317 e. The van der Waals surface area contributed by atoms with Crippen molar-refractivity contribution in [2.45, 2.75) is 0 Å². The Bertz CT molecular complexity index is 808. The van der Waals surface area contributed by atoms with E-state index in [4.69, 9.17) is 0 Å². The Hall–Kier alpha value is -1.80. The number of carbonyl (C=O) groups is 2. The van der Waals surface area contributed by atoms with Gasteiger partial charge < -0.3 is 4.57 Å². The molecule has 0 saturated carbocycles. The molecule has 6 heteroatoms. The topological polar surface area (TPSA) is 42.3 Å². The van der Waals surface area contributed by atoms with Crippen LogP contribution in [0.4, 0.5) is 4.79 Å². The first-order valence-corrected chi connectivity index (χ1v) is 8.79. The van der Waals surface area contributed by atoms with Gasteiger partial charge in [-0.2, -0.15) is 0 Å². The summed E-state index contributed by atoms with van der Waals surface area (Å²) in [6.07, 6.45) is 5.24. The van der Waals surface area contributed by atoms with E-state index in [9.17, 15) is 9.59 Å². The molecular formula is C17H13IN2O2S. The van der Waals surface area contributed by atoms with E-state index in [1.165, 1.54) is 4.90 Å². The van der Waals surface area contributed by atoms with Crippen LogP contribution in [0.1, 0.15) is 5.69 Å². The van der Waals surface area contributed by atoms with Crippen LogP contribution in [0, 0.1) is 3.57 Å². The van der Waals surface area contributed by atoms with E-state index in [0.717, 1.165) is 26.7 Å². The summed E-state index contributed by atoms with van der Waals surface area (Å²) in [5.41, 5.74) is 1.86. The number of carbonyl (C=O) groups excluding carboxylic acids is 2. The van der Waals surface area contributed by atoms with Crippen LogP contribution < -0.4 is 0 Å². The van der Waals surface area contributed by atoms with Gasteiger partial charge in [-0.1, -0.05) is 6.08 Å². The van der Waals surface area contributed by atoms with Crippen LogP contribution >= 0.6 is 34.4 Å². The van der Waals surface area contributed by atoms with Crippen molar-refractivity contribution in [3.8, 4) is 5.69 Å². The summed E-state index contributed by atoms with van der Waals surface area (Å²) in [6.45, 7) is 3.81. The Labute approximate surface area is 152 Å². The van der Waals surface area contributed by atoms with Crippen LogP contribution in [-0.2, 0) is 4.79 Å². The van der Waals surface area contributed by atoms with Crippen LogP contribution in [0.5, 0.6) is 0 Å². The smallest absolute Gasteiger partial charge is 0.293 e. The van der Waals surface area contributed by atoms with E-state index >= 15 is 0 Å². The summed E-state index contributed by atoms with van der Waals surface area (Å²) < 4.78 is 3.14. The lowest BCUT2D eigenvalue weighted by Crippen LogP contribution is -2.27. The molecule has 0 atom stereocenters. The fourth-order valence-corrected chi connectivity index (χ4v) is 3.46. The zero-order valence-electron chi connectivity index (χ0n) is 12.1. The fraction of sp³-hybridized carbons (Fsp3) is 0.0588. The lowest BCUT2D eigenvalue weighted by Gasteiger charge is -2.08. The number of rotatable bonds is 4. The van der Waals surface area contributed by atoms with E-state index in [0.29, 0.717) is 4.91 Å². The minimum atomic E-state index is -0.268. The van der Waals surface area contributed by atoms with Crippen LogP contribution in [-0.4, -0.2) is 27.2 Å². The second-order valence-electron chi connectivity index (χ2n) is 4.86. The Morgan fingerprint density at radius 3 is 2.61 bits per heavy atom. The summed E-state index contributed by atoms with van der Waals surface area (Å²) in [5.74, 6) is -0.268. The lowest BCUT2D eigenvalue weighted by molar-refractivity contribution is -0.122. The van der Waals surface area contributed by atoms with Crippen molar-refractivity contribution >= 4 is 51.6 Å². The van der Waals surface area contributed by atoms with Gasteiger partial charge in [-0.3, -0.25) is 14.5 Å². The number of nitrogens with zero attached hydrogens (tertiary/aromatic N) is 2. The third-order valence-corrected chi connectivity index (χ3v) is 4.98. The Kier molecular flexibility index (Phi) is 4.72. The maximum absolute atomic E-state index is 12.3. The normalized spacial score (nSPS) is 16.4. The average molecular weight is 436 g/mol. The maximum Gasteiger partial charge on any atom is 0.293 e. The number of hydrogen-bond donors (Lipinski definition) is 0. The molecule has 0 aliphatic carbocycles. The molecule has 2 aromatic rings. The van der Waals surface area contributed by atoms with E-state index in [-0.39, 0.29) is 17.7 Å². The highest BCUT2D eigenvalue weighted by atomic mass is 127. The number of benzene rings is 1. The Balaban J connectivity index is 1.94. The summed E-state index contributed by atoms with van der Waals surface area (Å²) >= 11 is 3.22. The largest absolute Gasteiger partial charge is 0.317 e. The molecule has 3 rings (SSSR count). The van der Waals surface area contributed by atoms with E-state index in [1.807, 2.05) is 47.2 Å². The SMILES string of the molecule is C=CCN1C(=O)S/C(=C\c2cccn2-c2ccc(I)cc2)C1=O. The number of hydrogen-bond acceptors (Lipinski definition) is 3. The quantitative estimate of drug-likeness (QED) is 0.408. The molecule has 2 amide bonds. The molecule has 1 aliphatic rings. The molecule has 1 aromatic carbocycles. The molecule has 116 valence electrons. The second kappa shape index (κ2) is 6.76. The van der Waals surface area contributed by atoms with E-state index in [1.54, 1.807) is 12.2 Å². The summed E-state index contributed by atoms with van der Waals surface area (Å²) in [4.78, 5) is 25.8. The van der Waals surface area contributed by atoms with E-state index < -0.39 is 0 Å². The minimum absolute atomic E-state index is 0.236. The predicted molar refractivity (Wildman–Crippen MR) is 101 cm³/mol. The number of thioether (sulfide) groups is 1. The highest BCUT2D eigenvalue weighted by Crippen LogP contribution is 2.32. The van der Waals surface area contributed by atoms with Crippen LogP contribution in [0.3, 0.4) is 0 Å². The molecule has 0 N–H and O–H groups in total. The van der Waals surface area contributed by atoms with Crippen molar-refractivity contribution in [1.29, 1.82) is 0 Å². The maximum atomic E-state index is 12.3. The monoisotopic (exact) mass is 436 g/mol. The van der Waals surface area contributed by atoms with Crippen molar-refractivity contribution in [2.24, 2.45) is 0 Å². The highest BCUT2D eigenvalue weighted by molar-refractivity contribution is 14.1. The molecule has 0 unspecified atom stereocenters. The van der Waals surface area contributed by atoms with Crippen molar-refractivity contribution in [3.05, 3.63) is 69.4 Å². The van der Waals surface area contributed by atoms with Gasteiger partial charge in [-0.15, -0.1) is 6.58 Å². The fourth-order valence-electron chi connectivity index (χ4n) is 2.27. The Morgan fingerprint density at radius 2 is 1.91 bits per heavy atom. The molecule has 0 bridgehead atoms. The number of aromatic nitrogens is 1. The molecule has 1 saturated heterocycles. The third kappa shape index (κ3) is 3.28. The number of amides is 2. The van der Waals surface area contributed by atoms with Gasteiger partial charge >= 0.3 is 0 Å². The first kappa shape index (κ1) is 16.1. The molecule has 1 fully saturated rings. The van der Waals surface area contributed by atoms with Gasteiger partial charge in [-0.05, 0) is 76.8 Å². The molecule has 1 aliphatic heterocycles. The standard InChI is InChI=1S/C17H13IN2O2S/c1-2-9-20-16(21)15(23-17(20)22)11-14-4-3-10-19(14)13-7-5-12(18)6-8-13/h2-8,10-11H,1,9H2/b15-11-. The van der Waals surface area contributed by atoms with Crippen molar-refractivity contribution in [2.75, 3.05) is 6.54 Å². The second-order valence-corrected chi connectivity index (χ2v) is 7.10. The van der Waals surface area contributed by atoms with Gasteiger partial charge in [0.25, 0.3) is 11.1 Å². The average Bonchev–Trinajstić information content (AvgIpc) is 3.09. The summed E-state index contributed by atoms with van der Waals surface area (Å²) in [7, 11) is 0. The van der Waals surface area contributed by atoms with Crippen molar-refractivity contribution < 1.29 is 9.59 Å². The number of halogens is 1. The molecule has 2 heterocycles. The predicted octanol–water partition coefficient (Wildman–Crippen LogP) is 4.30. The molecule has 1 aromatic heterocycles. The molecule has 23 heavy (non-hydrogen) atoms. The van der Waals surface area contributed by atoms with Gasteiger partial charge in [-0.25, -0.2) is 0 Å². The summed E-state index contributed by atoms with van der Waals surface area (Å²) in [6, 6.07) is 11.9. The zero-order chi connectivity index (χ0) is 16.4. The third-order valence-electron chi connectivity index (χ3n) is 3.35. The first-order valence-electron chi connectivity index (χ1n) is 6.89. The van der Waals surface area contributed by atoms with Crippen molar-refractivity contribution in [1.82, 2.24) is 9.47 Å². The van der Waals surface area contributed by atoms with Gasteiger partial charge in [0.05, 0.1) is 4.91 Å². The molecule has 0 radical (unpaired) electrons. The van der Waals surface area contributed by atoms with Gasteiger partial charge in [0, 0.05) is 27.7 Å². The van der Waals surface area contributed by atoms with Gasteiger partial charge in [0.15, 0.2) is 0 Å². The number of imide groups is 1. The summed E-state index contributed by atoms with van der Waals surface area (Å²) in [5, 5.41) is -0.256. The van der Waals surface area contributed by atoms with Crippen LogP contribution in [0.25, 0.3) is 11.8 Å². The first-order chi connectivity index (χ1) is 11.1.